The Morgan fingerprint density at radius 3 is 1.63 bits per heavy atom. The molecule has 376 valence electrons. The van der Waals surface area contributed by atoms with E-state index in [9.17, 15) is 33.6 Å². The highest BCUT2D eigenvalue weighted by atomic mass is 19.3. The zero-order valence-electron chi connectivity index (χ0n) is 41.0. The van der Waals surface area contributed by atoms with Crippen molar-refractivity contribution in [3.63, 3.8) is 0 Å². The van der Waals surface area contributed by atoms with Crippen molar-refractivity contribution in [2.24, 2.45) is 11.3 Å². The maximum Gasteiger partial charge on any atom is 0.408 e. The molecule has 0 radical (unpaired) electrons. The van der Waals surface area contributed by atoms with Crippen LogP contribution in [0.15, 0.2) is 60.7 Å². The van der Waals surface area contributed by atoms with Crippen LogP contribution in [-0.2, 0) is 41.5 Å². The maximum absolute atomic E-state index is 16.0. The number of ether oxygens (including phenoxy) is 2. The minimum Gasteiger partial charge on any atom is -0.444 e. The van der Waals surface area contributed by atoms with E-state index in [1.54, 1.807) is 96.1 Å². The van der Waals surface area contributed by atoms with Crippen molar-refractivity contribution >= 4 is 41.8 Å². The highest BCUT2D eigenvalue weighted by Gasteiger charge is 2.64. The smallest absolute Gasteiger partial charge is 0.408 e. The van der Waals surface area contributed by atoms with Gasteiger partial charge < -0.3 is 51.2 Å². The third-order valence-corrected chi connectivity index (χ3v) is 11.6. The topological polar surface area (TPSA) is 217 Å². The van der Waals surface area contributed by atoms with Crippen LogP contribution in [0, 0.1) is 11.3 Å². The largest absolute Gasteiger partial charge is 0.444 e. The number of carbonyl (C=O) groups is 7. The van der Waals surface area contributed by atoms with E-state index in [-0.39, 0.29) is 70.6 Å². The third kappa shape index (κ3) is 16.6. The Morgan fingerprint density at radius 2 is 1.13 bits per heavy atom. The molecule has 4 atom stereocenters. The predicted molar refractivity (Wildman–Crippen MR) is 251 cm³/mol. The van der Waals surface area contributed by atoms with Crippen molar-refractivity contribution in [1.29, 1.82) is 0 Å². The molecule has 1 spiro atoms. The van der Waals surface area contributed by atoms with Gasteiger partial charge in [0.25, 0.3) is 5.92 Å². The molecule has 2 heterocycles. The number of halogens is 2. The molecular weight excluding hydrogens is 883 g/mol. The van der Waals surface area contributed by atoms with Gasteiger partial charge in [-0.15, -0.1) is 0 Å². The molecule has 0 aromatic heterocycles. The van der Waals surface area contributed by atoms with Crippen LogP contribution in [0.4, 0.5) is 23.2 Å². The number of unbranched alkanes of at least 4 members (excludes halogenated alkanes) is 1. The summed E-state index contributed by atoms with van der Waals surface area (Å²) in [7, 11) is 1.42. The first-order valence-corrected chi connectivity index (χ1v) is 23.4. The number of amides is 8. The number of likely N-dealkylation sites (tertiary alicyclic amines) is 2. The van der Waals surface area contributed by atoms with E-state index in [1.807, 2.05) is 19.9 Å². The van der Waals surface area contributed by atoms with Crippen LogP contribution in [0.2, 0.25) is 0 Å². The third-order valence-electron chi connectivity index (χ3n) is 11.6. The summed E-state index contributed by atoms with van der Waals surface area (Å²) in [6, 6.07) is 12.5. The van der Waals surface area contributed by atoms with Gasteiger partial charge in [-0.05, 0) is 90.7 Å². The fraction of sp³-hybridized carbons (Fsp3) is 0.612. The van der Waals surface area contributed by atoms with Gasteiger partial charge in [0.15, 0.2) is 0 Å². The van der Waals surface area contributed by atoms with Crippen LogP contribution in [0.5, 0.6) is 0 Å². The molecule has 2 aliphatic heterocycles. The summed E-state index contributed by atoms with van der Waals surface area (Å²) in [5.74, 6) is -6.38. The van der Waals surface area contributed by atoms with Gasteiger partial charge in [0, 0.05) is 46.1 Å². The standard InChI is InChI=1S/C49H72F2N8O9/c1-32(2)26-36(55-40(61)37(27-33-18-12-10-13-19-33)56-41(62)38(28-34-20-14-11-15-21-34)57-45(66)68-47(6,7)8)39(60)54-35(22-16-17-24-53-44(65)67-46(3,4)5)42(63)58-25-23-48(49(50,51)31-58)29-59(30-48)43(64)52-9/h10-15,18-21,32,35-38H,16-17,22-31H2,1-9H3,(H,52,64)(H,53,65)(H,54,60)(H,55,61)(H,56,62)(H,57,66)/t35-,36-,37-,38-/m1/s1. The van der Waals surface area contributed by atoms with Crippen molar-refractivity contribution in [1.82, 2.24) is 41.7 Å². The molecule has 2 aromatic carbocycles. The SMILES string of the molecule is CNC(=O)N1CC2(CCN(C(=O)[C@@H](CCCCNC(=O)OC(C)(C)C)NC(=O)[C@@H](CC(C)C)NC(=O)[C@@H](Cc3ccccc3)NC(=O)[C@@H](Cc3ccccc3)NC(=O)OC(C)(C)C)CC2(F)F)C1. The Morgan fingerprint density at radius 1 is 0.647 bits per heavy atom. The number of piperidine rings is 1. The number of benzene rings is 2. The van der Waals surface area contributed by atoms with E-state index in [1.165, 1.54) is 11.9 Å². The number of rotatable bonds is 19. The van der Waals surface area contributed by atoms with Gasteiger partial charge in [-0.3, -0.25) is 19.2 Å². The zero-order valence-corrected chi connectivity index (χ0v) is 41.0. The summed E-state index contributed by atoms with van der Waals surface area (Å²) in [6.45, 7) is 12.8. The second-order valence-corrected chi connectivity index (χ2v) is 20.2. The quantitative estimate of drug-likeness (QED) is 0.104. The van der Waals surface area contributed by atoms with Gasteiger partial charge in [-0.1, -0.05) is 74.5 Å². The zero-order chi connectivity index (χ0) is 50.5. The van der Waals surface area contributed by atoms with E-state index in [0.29, 0.717) is 12.0 Å². The summed E-state index contributed by atoms with van der Waals surface area (Å²) in [5.41, 5.74) is -1.66. The molecule has 8 amide bonds. The number of hydrogen-bond acceptors (Lipinski definition) is 9. The minimum absolute atomic E-state index is 0.00288. The molecule has 0 aliphatic carbocycles. The highest BCUT2D eigenvalue weighted by Crippen LogP contribution is 2.50. The van der Waals surface area contributed by atoms with E-state index in [2.05, 4.69) is 31.9 Å². The van der Waals surface area contributed by atoms with Crippen molar-refractivity contribution < 1.29 is 51.8 Å². The number of alkyl halides is 2. The molecule has 2 fully saturated rings. The van der Waals surface area contributed by atoms with Crippen LogP contribution in [0.25, 0.3) is 0 Å². The minimum atomic E-state index is -3.34. The van der Waals surface area contributed by atoms with E-state index >= 15 is 8.78 Å². The van der Waals surface area contributed by atoms with Crippen molar-refractivity contribution in [3.05, 3.63) is 71.8 Å². The van der Waals surface area contributed by atoms with Crippen LogP contribution >= 0.6 is 0 Å². The molecular formula is C49H72F2N8O9. The maximum atomic E-state index is 16.0. The number of urea groups is 1. The molecule has 0 bridgehead atoms. The lowest BCUT2D eigenvalue weighted by molar-refractivity contribution is -0.215. The molecule has 4 rings (SSSR count). The number of nitrogens with one attached hydrogen (secondary N) is 6. The van der Waals surface area contributed by atoms with Crippen LogP contribution in [-0.4, -0.2) is 133 Å². The fourth-order valence-electron chi connectivity index (χ4n) is 8.13. The summed E-state index contributed by atoms with van der Waals surface area (Å²) >= 11 is 0. The summed E-state index contributed by atoms with van der Waals surface area (Å²) in [4.78, 5) is 96.9. The van der Waals surface area contributed by atoms with Gasteiger partial charge in [-0.25, -0.2) is 23.2 Å². The predicted octanol–water partition coefficient (Wildman–Crippen LogP) is 5.07. The first-order valence-electron chi connectivity index (χ1n) is 23.4. The van der Waals surface area contributed by atoms with E-state index in [4.69, 9.17) is 9.47 Å². The van der Waals surface area contributed by atoms with Crippen LogP contribution < -0.4 is 31.9 Å². The lowest BCUT2D eigenvalue weighted by Crippen LogP contribution is -2.72. The monoisotopic (exact) mass is 955 g/mol. The first-order chi connectivity index (χ1) is 31.8. The normalized spacial score (nSPS) is 17.1. The lowest BCUT2D eigenvalue weighted by Gasteiger charge is -2.57. The Balaban J connectivity index is 1.56. The average Bonchev–Trinajstić information content (AvgIpc) is 3.22. The molecule has 17 nitrogen and oxygen atoms in total. The van der Waals surface area contributed by atoms with E-state index < -0.39 is 95.1 Å². The van der Waals surface area contributed by atoms with Gasteiger partial charge in [0.1, 0.15) is 35.4 Å². The van der Waals surface area contributed by atoms with Crippen LogP contribution in [0.3, 0.4) is 0 Å². The van der Waals surface area contributed by atoms with Crippen molar-refractivity contribution in [2.45, 2.75) is 142 Å². The Bertz CT molecular complexity index is 2040. The molecule has 2 saturated heterocycles. The Labute approximate surface area is 398 Å². The second-order valence-electron chi connectivity index (χ2n) is 20.2. The van der Waals surface area contributed by atoms with E-state index in [0.717, 1.165) is 10.5 Å². The average molecular weight is 955 g/mol. The van der Waals surface area contributed by atoms with Crippen molar-refractivity contribution in [3.8, 4) is 0 Å². The van der Waals surface area contributed by atoms with Crippen LogP contribution in [0.1, 0.15) is 98.6 Å². The second kappa shape index (κ2) is 23.8. The van der Waals surface area contributed by atoms with Gasteiger partial charge >= 0.3 is 18.2 Å². The highest BCUT2D eigenvalue weighted by molar-refractivity contribution is 5.95. The Kier molecular flexibility index (Phi) is 19.1. The summed E-state index contributed by atoms with van der Waals surface area (Å²) in [6.07, 6.45) is -0.706. The van der Waals surface area contributed by atoms with Gasteiger partial charge in [-0.2, -0.15) is 0 Å². The Hall–Kier alpha value is -6.01. The summed E-state index contributed by atoms with van der Waals surface area (Å²) < 4.78 is 42.7. The first kappa shape index (κ1) is 54.6. The molecule has 2 aliphatic rings. The van der Waals surface area contributed by atoms with Gasteiger partial charge in [0.05, 0.1) is 12.0 Å². The molecule has 19 heteroatoms. The lowest BCUT2D eigenvalue weighted by atomic mass is 9.69. The molecule has 0 unspecified atom stereocenters. The number of carbonyl (C=O) groups excluding carboxylic acids is 7. The molecule has 68 heavy (non-hydrogen) atoms. The van der Waals surface area contributed by atoms with Gasteiger partial charge in [0.2, 0.25) is 23.6 Å². The number of hydrogen-bond donors (Lipinski definition) is 6. The number of nitrogens with zero attached hydrogens (tertiary/aromatic N) is 2. The molecule has 6 N–H and O–H groups in total. The summed E-state index contributed by atoms with van der Waals surface area (Å²) in [5, 5.41) is 16.1. The molecule has 2 aromatic rings. The molecule has 0 saturated carbocycles. The van der Waals surface area contributed by atoms with Crippen molar-refractivity contribution in [2.75, 3.05) is 39.8 Å². The fourth-order valence-corrected chi connectivity index (χ4v) is 8.13. The number of alkyl carbamates (subject to hydrolysis) is 2.